The molecule has 33 heavy (non-hydrogen) atoms. The van der Waals surface area contributed by atoms with Gasteiger partial charge >= 0.3 is 0 Å². The number of likely N-dealkylation sites (tertiary alicyclic amines) is 1. The third-order valence-corrected chi connectivity index (χ3v) is 6.59. The minimum atomic E-state index is -0.360. The Hall–Kier alpha value is -3.18. The largest absolute Gasteiger partial charge is 0.497 e. The first-order valence-corrected chi connectivity index (χ1v) is 11.6. The van der Waals surface area contributed by atoms with Gasteiger partial charge in [-0.1, -0.05) is 24.8 Å². The smallest absolute Gasteiger partial charge is 0.252 e. The Morgan fingerprint density at radius 2 is 1.88 bits per heavy atom. The van der Waals surface area contributed by atoms with Crippen molar-refractivity contribution >= 4 is 22.9 Å². The number of ether oxygens (including phenoxy) is 1. The number of hydrogen-bond acceptors (Lipinski definition) is 4. The molecule has 2 heterocycles. The quantitative estimate of drug-likeness (QED) is 0.586. The molecule has 1 amide bonds. The molecule has 1 aliphatic heterocycles. The molecule has 5 heteroatoms. The molecule has 1 saturated carbocycles. The van der Waals surface area contributed by atoms with E-state index >= 15 is 0 Å². The van der Waals surface area contributed by atoms with Crippen LogP contribution in [0.2, 0.25) is 0 Å². The van der Waals surface area contributed by atoms with Gasteiger partial charge in [-0.3, -0.25) is 9.78 Å². The zero-order valence-electron chi connectivity index (χ0n) is 20.1. The number of benzene rings is 2. The highest BCUT2D eigenvalue weighted by molar-refractivity contribution is 5.97. The van der Waals surface area contributed by atoms with Crippen molar-refractivity contribution in [1.29, 1.82) is 0 Å². The van der Waals surface area contributed by atoms with E-state index in [0.29, 0.717) is 11.3 Å². The van der Waals surface area contributed by atoms with Gasteiger partial charge in [0.1, 0.15) is 5.75 Å². The molecule has 1 saturated heterocycles. The Morgan fingerprint density at radius 3 is 2.45 bits per heavy atom. The van der Waals surface area contributed by atoms with Crippen LogP contribution in [0.25, 0.3) is 17.0 Å². The van der Waals surface area contributed by atoms with Crippen LogP contribution >= 0.6 is 0 Å². The molecule has 0 radical (unpaired) electrons. The van der Waals surface area contributed by atoms with Crippen LogP contribution in [0, 0.1) is 13.8 Å². The van der Waals surface area contributed by atoms with Crippen LogP contribution in [0.3, 0.4) is 0 Å². The van der Waals surface area contributed by atoms with Gasteiger partial charge in [0.05, 0.1) is 18.2 Å². The Kier molecular flexibility index (Phi) is 6.52. The number of rotatable bonds is 5. The summed E-state index contributed by atoms with van der Waals surface area (Å²) < 4.78 is 5.29. The van der Waals surface area contributed by atoms with E-state index < -0.39 is 0 Å². The van der Waals surface area contributed by atoms with Crippen molar-refractivity contribution in [3.63, 3.8) is 0 Å². The lowest BCUT2D eigenvalue weighted by Gasteiger charge is -2.24. The van der Waals surface area contributed by atoms with Crippen molar-refractivity contribution in [3.8, 4) is 5.75 Å². The summed E-state index contributed by atoms with van der Waals surface area (Å²) in [6.45, 7) is 10.5. The molecule has 1 aromatic heterocycles. The second-order valence-corrected chi connectivity index (χ2v) is 9.17. The number of carbonyl (C=O) groups is 1. The molecule has 1 N–H and O–H groups in total. The van der Waals surface area contributed by atoms with Gasteiger partial charge < -0.3 is 15.0 Å². The fourth-order valence-corrected chi connectivity index (χ4v) is 4.19. The molecular weight excluding hydrogens is 410 g/mol. The summed E-state index contributed by atoms with van der Waals surface area (Å²) >= 11 is 0. The third-order valence-electron chi connectivity index (χ3n) is 6.59. The van der Waals surface area contributed by atoms with Crippen molar-refractivity contribution in [2.45, 2.75) is 38.6 Å². The van der Waals surface area contributed by atoms with Gasteiger partial charge in [-0.05, 0) is 100 Å². The van der Waals surface area contributed by atoms with Gasteiger partial charge in [-0.2, -0.15) is 0 Å². The summed E-state index contributed by atoms with van der Waals surface area (Å²) in [5.74, 6) is 0.602. The molecular formula is C28H33N3O2. The molecule has 3 aromatic rings. The molecule has 0 bridgehead atoms. The third kappa shape index (κ3) is 4.93. The number of nitrogens with zero attached hydrogens (tertiary/aromatic N) is 2. The van der Waals surface area contributed by atoms with Gasteiger partial charge in [0.25, 0.3) is 5.91 Å². The van der Waals surface area contributed by atoms with Gasteiger partial charge in [-0.25, -0.2) is 0 Å². The van der Waals surface area contributed by atoms with E-state index in [1.54, 1.807) is 13.2 Å². The molecule has 5 nitrogen and oxygen atoms in total. The summed E-state index contributed by atoms with van der Waals surface area (Å²) in [7, 11) is 3.75. The lowest BCUT2D eigenvalue weighted by atomic mass is 9.95. The average molecular weight is 444 g/mol. The topological polar surface area (TPSA) is 54.5 Å². The maximum atomic E-state index is 13.1. The van der Waals surface area contributed by atoms with Gasteiger partial charge in [-0.15, -0.1) is 0 Å². The van der Waals surface area contributed by atoms with Crippen molar-refractivity contribution in [2.75, 3.05) is 27.2 Å². The fraction of sp³-hybridized carbons (Fsp3) is 0.357. The summed E-state index contributed by atoms with van der Waals surface area (Å²) in [5, 5.41) is 4.37. The molecule has 5 rings (SSSR count). The number of methoxy groups -OCH3 is 1. The first-order valence-electron chi connectivity index (χ1n) is 11.6. The summed E-state index contributed by atoms with van der Waals surface area (Å²) in [5.41, 5.74) is 5.24. The SMILES string of the molecule is C=Cc1cc(C2(NC(=O)c3cc(OC)ccc3C)CC2)c2ccc(C)nc2c1.CN1CCC1. The standard InChI is InChI=1S/C24H24N2O2.C4H9N/c1-5-17-12-21(19-9-7-16(3)25-22(19)13-17)24(10-11-24)26-23(27)20-14-18(28-4)8-6-15(20)2;1-5-3-2-4-5/h5-9,12-14H,1,10-11H2,2-4H3,(H,26,27);2-4H2,1H3. The van der Waals surface area contributed by atoms with Crippen LogP contribution in [0.1, 0.15) is 52.0 Å². The molecule has 1 aliphatic carbocycles. The van der Waals surface area contributed by atoms with E-state index in [9.17, 15) is 4.79 Å². The molecule has 0 atom stereocenters. The highest BCUT2D eigenvalue weighted by Crippen LogP contribution is 2.48. The maximum Gasteiger partial charge on any atom is 0.252 e. The minimum Gasteiger partial charge on any atom is -0.497 e. The predicted octanol–water partition coefficient (Wildman–Crippen LogP) is 5.24. The van der Waals surface area contributed by atoms with Crippen molar-refractivity contribution in [2.24, 2.45) is 0 Å². The fourth-order valence-electron chi connectivity index (χ4n) is 4.19. The van der Waals surface area contributed by atoms with E-state index in [1.165, 1.54) is 19.5 Å². The Morgan fingerprint density at radius 1 is 1.15 bits per heavy atom. The monoisotopic (exact) mass is 443 g/mol. The number of amides is 1. The van der Waals surface area contributed by atoms with E-state index in [-0.39, 0.29) is 11.4 Å². The lowest BCUT2D eigenvalue weighted by Crippen LogP contribution is -2.35. The lowest BCUT2D eigenvalue weighted by molar-refractivity contribution is 0.0930. The van der Waals surface area contributed by atoms with Crippen LogP contribution in [-0.2, 0) is 5.54 Å². The van der Waals surface area contributed by atoms with Gasteiger partial charge in [0.15, 0.2) is 0 Å². The highest BCUT2D eigenvalue weighted by atomic mass is 16.5. The Labute approximate surface area is 196 Å². The first kappa shape index (κ1) is 23.0. The molecule has 172 valence electrons. The number of aromatic nitrogens is 1. The number of carbonyl (C=O) groups excluding carboxylic acids is 1. The number of fused-ring (bicyclic) bond motifs is 1. The van der Waals surface area contributed by atoms with Crippen LogP contribution < -0.4 is 10.1 Å². The second kappa shape index (κ2) is 9.36. The van der Waals surface area contributed by atoms with E-state index in [0.717, 1.165) is 46.1 Å². The van der Waals surface area contributed by atoms with Crippen LogP contribution in [0.4, 0.5) is 0 Å². The Bertz CT molecular complexity index is 1190. The van der Waals surface area contributed by atoms with Crippen molar-refractivity contribution in [3.05, 3.63) is 77.0 Å². The van der Waals surface area contributed by atoms with E-state index in [2.05, 4.69) is 41.0 Å². The summed E-state index contributed by atoms with van der Waals surface area (Å²) in [6.07, 6.45) is 5.06. The van der Waals surface area contributed by atoms with Crippen LogP contribution in [0.15, 0.2) is 49.0 Å². The molecule has 0 unspecified atom stereocenters. The molecule has 2 aromatic carbocycles. The summed E-state index contributed by atoms with van der Waals surface area (Å²) in [6, 6.07) is 13.9. The molecule has 2 fully saturated rings. The van der Waals surface area contributed by atoms with E-state index in [1.807, 2.05) is 44.2 Å². The van der Waals surface area contributed by atoms with Crippen LogP contribution in [-0.4, -0.2) is 43.0 Å². The van der Waals surface area contributed by atoms with Gasteiger partial charge in [0.2, 0.25) is 0 Å². The van der Waals surface area contributed by atoms with Crippen LogP contribution in [0.5, 0.6) is 5.75 Å². The zero-order chi connectivity index (χ0) is 23.6. The maximum absolute atomic E-state index is 13.1. The molecule has 0 spiro atoms. The minimum absolute atomic E-state index is 0.0777. The zero-order valence-corrected chi connectivity index (χ0v) is 20.1. The van der Waals surface area contributed by atoms with E-state index in [4.69, 9.17) is 4.74 Å². The normalized spacial score (nSPS) is 16.2. The molecule has 2 aliphatic rings. The highest BCUT2D eigenvalue weighted by Gasteiger charge is 2.47. The predicted molar refractivity (Wildman–Crippen MR) is 135 cm³/mol. The first-order chi connectivity index (χ1) is 15.8. The number of aryl methyl sites for hydroxylation is 2. The second-order valence-electron chi connectivity index (χ2n) is 9.17. The van der Waals surface area contributed by atoms with Crippen molar-refractivity contribution < 1.29 is 9.53 Å². The average Bonchev–Trinajstić information content (AvgIpc) is 3.57. The Balaban J connectivity index is 0.000000459. The van der Waals surface area contributed by atoms with Crippen molar-refractivity contribution in [1.82, 2.24) is 15.2 Å². The number of hydrogen-bond donors (Lipinski definition) is 1. The summed E-state index contributed by atoms with van der Waals surface area (Å²) in [4.78, 5) is 20.1. The van der Waals surface area contributed by atoms with Gasteiger partial charge in [0, 0.05) is 16.6 Å². The number of nitrogens with one attached hydrogen (secondary N) is 1. The number of pyridine rings is 1.